The van der Waals surface area contributed by atoms with Gasteiger partial charge in [0, 0.05) is 38.0 Å². The van der Waals surface area contributed by atoms with E-state index in [-0.39, 0.29) is 42.7 Å². The van der Waals surface area contributed by atoms with Crippen molar-refractivity contribution in [2.24, 2.45) is 5.73 Å². The molecule has 156 valence electrons. The minimum absolute atomic E-state index is 0. The summed E-state index contributed by atoms with van der Waals surface area (Å²) in [4.78, 5) is 16.4. The number of nitrogens with zero attached hydrogens (tertiary/aromatic N) is 2. The maximum atomic E-state index is 12.1. The summed E-state index contributed by atoms with van der Waals surface area (Å²) in [6.45, 7) is 2.39. The number of carbonyl (C=O) groups excluding carboxylic acids is 1. The molecule has 0 aliphatic heterocycles. The van der Waals surface area contributed by atoms with Crippen LogP contribution in [0.2, 0.25) is 0 Å². The number of aryl methyl sites for hydroxylation is 2. The Bertz CT molecular complexity index is 857. The average Bonchev–Trinajstić information content (AvgIpc) is 3.08. The van der Waals surface area contributed by atoms with Crippen LogP contribution in [-0.2, 0) is 27.7 Å². The predicted octanol–water partition coefficient (Wildman–Crippen LogP) is 1.64. The van der Waals surface area contributed by atoms with Crippen molar-refractivity contribution in [1.29, 1.82) is 0 Å². The van der Waals surface area contributed by atoms with Crippen molar-refractivity contribution in [2.75, 3.05) is 18.4 Å². The fraction of sp³-hybridized carbons (Fsp3) is 0.471. The van der Waals surface area contributed by atoms with Gasteiger partial charge in [-0.2, -0.15) is 4.98 Å². The first kappa shape index (κ1) is 24.0. The van der Waals surface area contributed by atoms with E-state index in [9.17, 15) is 13.2 Å². The van der Waals surface area contributed by atoms with Gasteiger partial charge in [0.05, 0.1) is 4.90 Å². The monoisotopic (exact) mass is 431 g/mol. The van der Waals surface area contributed by atoms with Gasteiger partial charge in [0.2, 0.25) is 21.8 Å². The molecular weight excluding hydrogens is 406 g/mol. The standard InChI is InChI=1S/C17H25N5O4S.ClH/c1-2-5-15-21-17(26-22-15)9-4-8-16(23)20-13-6-3-7-14(12-13)27(24,25)19-11-10-18;/h3,6-7,12,19H,2,4-5,8-11,18H2,1H3,(H,20,23);1H. The van der Waals surface area contributed by atoms with E-state index >= 15 is 0 Å². The second-order valence-corrected chi connectivity index (χ2v) is 7.74. The van der Waals surface area contributed by atoms with E-state index < -0.39 is 10.0 Å². The van der Waals surface area contributed by atoms with Crippen LogP contribution in [0.5, 0.6) is 0 Å². The van der Waals surface area contributed by atoms with Gasteiger partial charge in [-0.15, -0.1) is 12.4 Å². The van der Waals surface area contributed by atoms with Crippen LogP contribution in [0.4, 0.5) is 5.69 Å². The smallest absolute Gasteiger partial charge is 0.240 e. The highest BCUT2D eigenvalue weighted by molar-refractivity contribution is 7.89. The topological polar surface area (TPSA) is 140 Å². The lowest BCUT2D eigenvalue weighted by Crippen LogP contribution is -2.29. The molecular formula is C17H26ClN5O4S. The van der Waals surface area contributed by atoms with E-state index in [1.54, 1.807) is 12.1 Å². The Labute approximate surface area is 170 Å². The zero-order valence-corrected chi connectivity index (χ0v) is 17.3. The molecule has 0 fully saturated rings. The number of nitrogens with one attached hydrogen (secondary N) is 2. The van der Waals surface area contributed by atoms with Crippen molar-refractivity contribution in [1.82, 2.24) is 14.9 Å². The zero-order chi connectivity index (χ0) is 19.7. The molecule has 1 aromatic heterocycles. The van der Waals surface area contributed by atoms with Gasteiger partial charge < -0.3 is 15.6 Å². The second-order valence-electron chi connectivity index (χ2n) is 5.97. The lowest BCUT2D eigenvalue weighted by Gasteiger charge is -2.09. The van der Waals surface area contributed by atoms with Crippen molar-refractivity contribution in [3.63, 3.8) is 0 Å². The van der Waals surface area contributed by atoms with Gasteiger partial charge in [0.25, 0.3) is 0 Å². The summed E-state index contributed by atoms with van der Waals surface area (Å²) in [5.41, 5.74) is 5.73. The number of benzene rings is 1. The van der Waals surface area contributed by atoms with Crippen molar-refractivity contribution in [3.8, 4) is 0 Å². The molecule has 0 unspecified atom stereocenters. The molecule has 0 atom stereocenters. The SMILES string of the molecule is CCCc1noc(CCCC(=O)Nc2cccc(S(=O)(=O)NCCN)c2)n1.Cl. The fourth-order valence-electron chi connectivity index (χ4n) is 2.36. The maximum Gasteiger partial charge on any atom is 0.240 e. The molecule has 2 aromatic rings. The van der Waals surface area contributed by atoms with Crippen molar-refractivity contribution < 1.29 is 17.7 Å². The van der Waals surface area contributed by atoms with Gasteiger partial charge in [0.15, 0.2) is 5.82 Å². The van der Waals surface area contributed by atoms with E-state index in [1.807, 2.05) is 6.92 Å². The number of hydrogen-bond donors (Lipinski definition) is 3. The molecule has 1 amide bonds. The van der Waals surface area contributed by atoms with E-state index in [2.05, 4.69) is 20.2 Å². The van der Waals surface area contributed by atoms with Gasteiger partial charge in [-0.05, 0) is 31.0 Å². The lowest BCUT2D eigenvalue weighted by atomic mass is 10.2. The summed E-state index contributed by atoms with van der Waals surface area (Å²) in [5.74, 6) is 0.983. The van der Waals surface area contributed by atoms with Gasteiger partial charge in [-0.25, -0.2) is 13.1 Å². The summed E-state index contributed by atoms with van der Waals surface area (Å²) in [5, 5.41) is 6.57. The van der Waals surface area contributed by atoms with Crippen LogP contribution in [0.15, 0.2) is 33.7 Å². The maximum absolute atomic E-state index is 12.1. The number of carbonyl (C=O) groups is 1. The predicted molar refractivity (Wildman–Crippen MR) is 108 cm³/mol. The largest absolute Gasteiger partial charge is 0.339 e. The highest BCUT2D eigenvalue weighted by Crippen LogP contribution is 2.16. The van der Waals surface area contributed by atoms with Gasteiger partial charge >= 0.3 is 0 Å². The van der Waals surface area contributed by atoms with Gasteiger partial charge in [0.1, 0.15) is 0 Å². The number of nitrogens with two attached hydrogens (primary N) is 1. The molecule has 28 heavy (non-hydrogen) atoms. The normalized spacial score (nSPS) is 11.1. The molecule has 0 aliphatic carbocycles. The Morgan fingerprint density at radius 2 is 2.07 bits per heavy atom. The van der Waals surface area contributed by atoms with Gasteiger partial charge in [-0.3, -0.25) is 4.79 Å². The fourth-order valence-corrected chi connectivity index (χ4v) is 3.45. The highest BCUT2D eigenvalue weighted by Gasteiger charge is 2.14. The molecule has 0 saturated carbocycles. The van der Waals surface area contributed by atoms with Crippen LogP contribution in [-0.4, -0.2) is 37.6 Å². The highest BCUT2D eigenvalue weighted by atomic mass is 35.5. The van der Waals surface area contributed by atoms with E-state index in [0.717, 1.165) is 12.8 Å². The van der Waals surface area contributed by atoms with Crippen LogP contribution in [0.1, 0.15) is 37.9 Å². The molecule has 1 heterocycles. The molecule has 9 nitrogen and oxygen atoms in total. The van der Waals surface area contributed by atoms with Crippen LogP contribution in [0.3, 0.4) is 0 Å². The van der Waals surface area contributed by atoms with Crippen molar-refractivity contribution >= 4 is 34.0 Å². The number of anilines is 1. The average molecular weight is 432 g/mol. The Morgan fingerprint density at radius 3 is 2.79 bits per heavy atom. The first-order valence-electron chi connectivity index (χ1n) is 8.85. The minimum atomic E-state index is -3.65. The third-order valence-corrected chi connectivity index (χ3v) is 5.10. The molecule has 0 spiro atoms. The molecule has 4 N–H and O–H groups in total. The Balaban J connectivity index is 0.00000392. The Kier molecular flexibility index (Phi) is 10.1. The van der Waals surface area contributed by atoms with Gasteiger partial charge in [-0.1, -0.05) is 18.1 Å². The third-order valence-electron chi connectivity index (χ3n) is 3.64. The summed E-state index contributed by atoms with van der Waals surface area (Å²) in [6, 6.07) is 6.07. The summed E-state index contributed by atoms with van der Waals surface area (Å²) in [7, 11) is -3.65. The van der Waals surface area contributed by atoms with E-state index in [0.29, 0.717) is 30.2 Å². The Morgan fingerprint density at radius 1 is 1.29 bits per heavy atom. The number of hydrogen-bond acceptors (Lipinski definition) is 7. The number of rotatable bonds is 11. The van der Waals surface area contributed by atoms with Crippen LogP contribution in [0, 0.1) is 0 Å². The third kappa shape index (κ3) is 7.55. The van der Waals surface area contributed by atoms with Crippen LogP contribution in [0.25, 0.3) is 0 Å². The molecule has 0 saturated heterocycles. The van der Waals surface area contributed by atoms with Crippen molar-refractivity contribution in [2.45, 2.75) is 43.9 Å². The lowest BCUT2D eigenvalue weighted by molar-refractivity contribution is -0.116. The number of sulfonamides is 1. The van der Waals surface area contributed by atoms with Crippen LogP contribution < -0.4 is 15.8 Å². The minimum Gasteiger partial charge on any atom is -0.339 e. The second kappa shape index (κ2) is 11.7. The summed E-state index contributed by atoms with van der Waals surface area (Å²) < 4.78 is 31.7. The van der Waals surface area contributed by atoms with E-state index in [4.69, 9.17) is 10.3 Å². The molecule has 0 bridgehead atoms. The summed E-state index contributed by atoms with van der Waals surface area (Å²) >= 11 is 0. The summed E-state index contributed by atoms with van der Waals surface area (Å²) in [6.07, 6.45) is 3.03. The quantitative estimate of drug-likeness (QED) is 0.491. The molecule has 0 aliphatic rings. The van der Waals surface area contributed by atoms with E-state index in [1.165, 1.54) is 12.1 Å². The zero-order valence-electron chi connectivity index (χ0n) is 15.7. The van der Waals surface area contributed by atoms with Crippen molar-refractivity contribution in [3.05, 3.63) is 36.0 Å². The number of aromatic nitrogens is 2. The number of halogens is 1. The molecule has 2 rings (SSSR count). The molecule has 0 radical (unpaired) electrons. The first-order valence-corrected chi connectivity index (χ1v) is 10.3. The molecule has 11 heteroatoms. The number of amides is 1. The van der Waals surface area contributed by atoms with Crippen LogP contribution >= 0.6 is 12.4 Å². The molecule has 1 aromatic carbocycles. The Hall–Kier alpha value is -2.01. The first-order chi connectivity index (χ1) is 12.9.